The summed E-state index contributed by atoms with van der Waals surface area (Å²) in [6.07, 6.45) is -0.266. The van der Waals surface area contributed by atoms with E-state index in [0.717, 1.165) is 0 Å². The Morgan fingerprint density at radius 2 is 2.11 bits per heavy atom. The normalized spacial score (nSPS) is 12.3. The van der Waals surface area contributed by atoms with Crippen LogP contribution in [0.1, 0.15) is 18.0 Å². The van der Waals surface area contributed by atoms with Crippen LogP contribution in [0.15, 0.2) is 18.2 Å². The van der Waals surface area contributed by atoms with E-state index in [0.29, 0.717) is 5.56 Å². The first-order chi connectivity index (χ1) is 8.43. The molecule has 0 heterocycles. The van der Waals surface area contributed by atoms with Gasteiger partial charge in [0.1, 0.15) is 0 Å². The summed E-state index contributed by atoms with van der Waals surface area (Å²) in [5, 5.41) is 8.61. The molecule has 0 spiro atoms. The van der Waals surface area contributed by atoms with Gasteiger partial charge in [0, 0.05) is 6.04 Å². The maximum absolute atomic E-state index is 12.1. The Morgan fingerprint density at radius 1 is 1.44 bits per heavy atom. The summed E-state index contributed by atoms with van der Waals surface area (Å²) in [5.74, 6) is -1.10. The van der Waals surface area contributed by atoms with E-state index in [1.807, 2.05) is 0 Å². The minimum Gasteiger partial charge on any atom is -0.493 e. The molecule has 3 N–H and O–H groups in total. The van der Waals surface area contributed by atoms with Gasteiger partial charge in [-0.3, -0.25) is 4.79 Å². The zero-order valence-electron chi connectivity index (χ0n) is 9.60. The second-order valence-corrected chi connectivity index (χ2v) is 3.49. The van der Waals surface area contributed by atoms with Crippen molar-refractivity contribution in [2.45, 2.75) is 19.1 Å². The molecule has 1 aromatic carbocycles. The number of hydrogen-bond acceptors (Lipinski definition) is 4. The molecule has 0 aliphatic heterocycles. The molecular weight excluding hydrogens is 248 g/mol. The van der Waals surface area contributed by atoms with E-state index in [-0.39, 0.29) is 17.9 Å². The molecule has 0 radical (unpaired) electrons. The Labute approximate surface area is 102 Å². The van der Waals surface area contributed by atoms with Gasteiger partial charge in [-0.1, -0.05) is 6.07 Å². The van der Waals surface area contributed by atoms with E-state index in [4.69, 9.17) is 15.6 Å². The molecule has 5 nitrogen and oxygen atoms in total. The fraction of sp³-hybridized carbons (Fsp3) is 0.364. The summed E-state index contributed by atoms with van der Waals surface area (Å²) in [6, 6.07) is 3.33. The molecule has 1 rings (SSSR count). The van der Waals surface area contributed by atoms with Gasteiger partial charge in [0.05, 0.1) is 13.5 Å². The molecular formula is C11H13F2NO4. The summed E-state index contributed by atoms with van der Waals surface area (Å²) in [5.41, 5.74) is 6.11. The predicted molar refractivity (Wildman–Crippen MR) is 58.8 cm³/mol. The highest BCUT2D eigenvalue weighted by Gasteiger charge is 2.15. The Hall–Kier alpha value is -1.89. The number of halogens is 2. The number of nitrogens with two attached hydrogens (primary N) is 1. The number of alkyl halides is 2. The van der Waals surface area contributed by atoms with E-state index in [1.165, 1.54) is 25.3 Å². The number of benzene rings is 1. The number of hydrogen-bond donors (Lipinski definition) is 2. The first-order valence-corrected chi connectivity index (χ1v) is 5.04. The third-order valence-electron chi connectivity index (χ3n) is 2.23. The third kappa shape index (κ3) is 3.85. The van der Waals surface area contributed by atoms with Crippen LogP contribution in [-0.2, 0) is 4.79 Å². The molecule has 0 saturated heterocycles. The lowest BCUT2D eigenvalue weighted by Gasteiger charge is -2.14. The van der Waals surface area contributed by atoms with Crippen molar-refractivity contribution in [1.29, 1.82) is 0 Å². The topological polar surface area (TPSA) is 81.8 Å². The number of carboxylic acids is 1. The quantitative estimate of drug-likeness (QED) is 0.815. The zero-order valence-corrected chi connectivity index (χ0v) is 9.60. The minimum absolute atomic E-state index is 0.0774. The number of methoxy groups -OCH3 is 1. The van der Waals surface area contributed by atoms with Crippen molar-refractivity contribution in [3.8, 4) is 11.5 Å². The molecule has 0 saturated carbocycles. The van der Waals surface area contributed by atoms with Gasteiger partial charge < -0.3 is 20.3 Å². The highest BCUT2D eigenvalue weighted by molar-refractivity contribution is 5.68. The smallest absolute Gasteiger partial charge is 0.387 e. The summed E-state index contributed by atoms with van der Waals surface area (Å²) in [6.45, 7) is -2.96. The lowest BCUT2D eigenvalue weighted by atomic mass is 10.0. The highest BCUT2D eigenvalue weighted by Crippen LogP contribution is 2.31. The SMILES string of the molecule is COc1cc(C(N)CC(=O)O)ccc1OC(F)F. The maximum Gasteiger partial charge on any atom is 0.387 e. The van der Waals surface area contributed by atoms with Gasteiger partial charge in [-0.2, -0.15) is 8.78 Å². The van der Waals surface area contributed by atoms with Gasteiger partial charge in [0.25, 0.3) is 0 Å². The summed E-state index contributed by atoms with van der Waals surface area (Å²) < 4.78 is 33.3. The van der Waals surface area contributed by atoms with Crippen molar-refractivity contribution >= 4 is 5.97 Å². The maximum atomic E-state index is 12.1. The number of aliphatic carboxylic acids is 1. The Kier molecular flexibility index (Phi) is 4.85. The molecule has 1 aromatic rings. The van der Waals surface area contributed by atoms with Gasteiger partial charge in [0.2, 0.25) is 0 Å². The molecule has 1 unspecified atom stereocenters. The number of ether oxygens (including phenoxy) is 2. The molecule has 0 aliphatic rings. The van der Waals surface area contributed by atoms with Gasteiger partial charge in [-0.25, -0.2) is 0 Å². The Bertz CT molecular complexity index is 426. The van der Waals surface area contributed by atoms with Crippen LogP contribution in [-0.4, -0.2) is 24.8 Å². The minimum atomic E-state index is -2.96. The van der Waals surface area contributed by atoms with Crippen molar-refractivity contribution < 1.29 is 28.2 Å². The second-order valence-electron chi connectivity index (χ2n) is 3.49. The van der Waals surface area contributed by atoms with E-state index in [1.54, 1.807) is 0 Å². The molecule has 0 aliphatic carbocycles. The summed E-state index contributed by atoms with van der Waals surface area (Å²) in [4.78, 5) is 10.5. The Balaban J connectivity index is 2.94. The van der Waals surface area contributed by atoms with Crippen molar-refractivity contribution in [1.82, 2.24) is 0 Å². The fourth-order valence-corrected chi connectivity index (χ4v) is 1.41. The number of carboxylic acid groups (broad SMARTS) is 1. The molecule has 1 atom stereocenters. The van der Waals surface area contributed by atoms with Crippen molar-refractivity contribution in [2.75, 3.05) is 7.11 Å². The average molecular weight is 261 g/mol. The van der Waals surface area contributed by atoms with Crippen LogP contribution < -0.4 is 15.2 Å². The molecule has 7 heteroatoms. The summed E-state index contributed by atoms with van der Waals surface area (Å²) >= 11 is 0. The largest absolute Gasteiger partial charge is 0.493 e. The lowest BCUT2D eigenvalue weighted by molar-refractivity contribution is -0.137. The van der Waals surface area contributed by atoms with E-state index >= 15 is 0 Å². The third-order valence-corrected chi connectivity index (χ3v) is 2.23. The van der Waals surface area contributed by atoms with Crippen LogP contribution in [0.5, 0.6) is 11.5 Å². The molecule has 18 heavy (non-hydrogen) atoms. The van der Waals surface area contributed by atoms with Crippen LogP contribution in [0.2, 0.25) is 0 Å². The van der Waals surface area contributed by atoms with Crippen molar-refractivity contribution in [2.24, 2.45) is 5.73 Å². The van der Waals surface area contributed by atoms with Gasteiger partial charge >= 0.3 is 12.6 Å². The van der Waals surface area contributed by atoms with Gasteiger partial charge in [-0.15, -0.1) is 0 Å². The fourth-order valence-electron chi connectivity index (χ4n) is 1.41. The standard InChI is InChI=1S/C11H13F2NO4/c1-17-9-4-6(7(14)5-10(15)16)2-3-8(9)18-11(12)13/h2-4,7,11H,5,14H2,1H3,(H,15,16). The van der Waals surface area contributed by atoms with Gasteiger partial charge in [-0.05, 0) is 17.7 Å². The van der Waals surface area contributed by atoms with E-state index in [2.05, 4.69) is 4.74 Å². The van der Waals surface area contributed by atoms with Crippen molar-refractivity contribution in [3.63, 3.8) is 0 Å². The van der Waals surface area contributed by atoms with E-state index < -0.39 is 18.6 Å². The van der Waals surface area contributed by atoms with Crippen LogP contribution in [0.4, 0.5) is 8.78 Å². The van der Waals surface area contributed by atoms with Crippen molar-refractivity contribution in [3.05, 3.63) is 23.8 Å². The van der Waals surface area contributed by atoms with Gasteiger partial charge in [0.15, 0.2) is 11.5 Å². The molecule has 0 bridgehead atoms. The first-order valence-electron chi connectivity index (χ1n) is 5.04. The summed E-state index contributed by atoms with van der Waals surface area (Å²) in [7, 11) is 1.29. The number of rotatable bonds is 6. The molecule has 100 valence electrons. The molecule has 0 aromatic heterocycles. The average Bonchev–Trinajstić information content (AvgIpc) is 2.27. The van der Waals surface area contributed by atoms with Crippen LogP contribution in [0.25, 0.3) is 0 Å². The predicted octanol–water partition coefficient (Wildman–Crippen LogP) is 1.77. The van der Waals surface area contributed by atoms with Crippen LogP contribution in [0.3, 0.4) is 0 Å². The molecule has 0 fully saturated rings. The monoisotopic (exact) mass is 261 g/mol. The second kappa shape index (κ2) is 6.15. The lowest BCUT2D eigenvalue weighted by Crippen LogP contribution is -2.15. The Morgan fingerprint density at radius 3 is 2.61 bits per heavy atom. The highest BCUT2D eigenvalue weighted by atomic mass is 19.3. The molecule has 0 amide bonds. The first kappa shape index (κ1) is 14.2. The van der Waals surface area contributed by atoms with E-state index in [9.17, 15) is 13.6 Å². The zero-order chi connectivity index (χ0) is 13.7. The van der Waals surface area contributed by atoms with Crippen LogP contribution >= 0.6 is 0 Å². The number of carbonyl (C=O) groups is 1. The van der Waals surface area contributed by atoms with Crippen LogP contribution in [0, 0.1) is 0 Å².